The minimum absolute atomic E-state index is 0.0466. The molecule has 2 atom stereocenters. The number of nitrogens with zero attached hydrogens (tertiary/aromatic N) is 5. The van der Waals surface area contributed by atoms with Crippen LogP contribution in [-0.4, -0.2) is 6.04 Å². The van der Waals surface area contributed by atoms with Gasteiger partial charge >= 0.3 is 0 Å². The first kappa shape index (κ1) is 24.8. The van der Waals surface area contributed by atoms with Crippen molar-refractivity contribution in [3.63, 3.8) is 0 Å². The number of para-hydroxylation sites is 4. The average Bonchev–Trinajstić information content (AvgIpc) is 3.02. The Labute approximate surface area is 233 Å². The van der Waals surface area contributed by atoms with Crippen LogP contribution in [0.15, 0.2) is 84.9 Å². The molecule has 0 N–H and O–H groups in total. The molecule has 4 aromatic carbocycles. The molecule has 6 rings (SSSR count). The summed E-state index contributed by atoms with van der Waals surface area (Å²) in [5.41, 5.74) is 5.54. The Morgan fingerprint density at radius 1 is 0.575 bits per heavy atom. The van der Waals surface area contributed by atoms with Crippen molar-refractivity contribution in [3.8, 4) is 35.8 Å². The second-order valence-electron chi connectivity index (χ2n) is 10.2. The van der Waals surface area contributed by atoms with Crippen molar-refractivity contribution < 1.29 is 4.74 Å². The van der Waals surface area contributed by atoms with Gasteiger partial charge in [-0.3, -0.25) is 0 Å². The normalized spacial score (nSPS) is 19.0. The van der Waals surface area contributed by atoms with E-state index in [-0.39, 0.29) is 17.9 Å². The third kappa shape index (κ3) is 4.29. The number of nitriles is 4. The maximum Gasteiger partial charge on any atom is 0.151 e. The van der Waals surface area contributed by atoms with Crippen molar-refractivity contribution in [1.29, 1.82) is 21.0 Å². The lowest BCUT2D eigenvalue weighted by molar-refractivity contribution is 0.329. The third-order valence-corrected chi connectivity index (χ3v) is 7.91. The highest BCUT2D eigenvalue weighted by Crippen LogP contribution is 2.54. The fourth-order valence-electron chi connectivity index (χ4n) is 6.31. The smallest absolute Gasteiger partial charge is 0.151 e. The van der Waals surface area contributed by atoms with E-state index in [4.69, 9.17) is 4.74 Å². The van der Waals surface area contributed by atoms with Crippen LogP contribution in [0.2, 0.25) is 0 Å². The highest BCUT2D eigenvalue weighted by atomic mass is 16.5. The number of rotatable bonds is 3. The molecule has 0 saturated heterocycles. The third-order valence-electron chi connectivity index (χ3n) is 7.91. The van der Waals surface area contributed by atoms with Crippen LogP contribution < -0.4 is 9.64 Å². The summed E-state index contributed by atoms with van der Waals surface area (Å²) in [6.45, 7) is 0. The van der Waals surface area contributed by atoms with Crippen molar-refractivity contribution in [1.82, 2.24) is 0 Å². The van der Waals surface area contributed by atoms with Crippen molar-refractivity contribution in [2.75, 3.05) is 4.90 Å². The summed E-state index contributed by atoms with van der Waals surface area (Å²) < 4.78 is 6.31. The van der Waals surface area contributed by atoms with Gasteiger partial charge in [-0.2, -0.15) is 21.0 Å². The molecule has 0 amide bonds. The van der Waals surface area contributed by atoms with Crippen LogP contribution in [-0.2, 0) is 0 Å². The van der Waals surface area contributed by atoms with Crippen molar-refractivity contribution in [2.24, 2.45) is 0 Å². The molecule has 4 aromatic rings. The zero-order chi connectivity index (χ0) is 27.6. The molecule has 6 nitrogen and oxygen atoms in total. The fourth-order valence-corrected chi connectivity index (χ4v) is 6.31. The Morgan fingerprint density at radius 2 is 0.975 bits per heavy atom. The zero-order valence-electron chi connectivity index (χ0n) is 21.6. The average molecular weight is 518 g/mol. The second kappa shape index (κ2) is 10.3. The monoisotopic (exact) mass is 517 g/mol. The summed E-state index contributed by atoms with van der Waals surface area (Å²) in [4.78, 5) is 2.33. The molecular weight excluding hydrogens is 494 g/mol. The number of fused-ring (bicyclic) bond motifs is 2. The quantitative estimate of drug-likeness (QED) is 0.278. The summed E-state index contributed by atoms with van der Waals surface area (Å²) in [7, 11) is 0. The molecule has 2 aliphatic rings. The summed E-state index contributed by atoms with van der Waals surface area (Å²) in [5, 5.41) is 39.0. The van der Waals surface area contributed by atoms with Gasteiger partial charge in [-0.15, -0.1) is 0 Å². The molecule has 2 unspecified atom stereocenters. The van der Waals surface area contributed by atoms with E-state index in [1.54, 1.807) is 12.1 Å². The molecule has 1 fully saturated rings. The maximum absolute atomic E-state index is 9.75. The summed E-state index contributed by atoms with van der Waals surface area (Å²) in [5.74, 6) is 1.40. The minimum atomic E-state index is -0.152. The van der Waals surface area contributed by atoms with Crippen molar-refractivity contribution in [3.05, 3.63) is 118 Å². The molecule has 1 aliphatic heterocycles. The van der Waals surface area contributed by atoms with E-state index in [1.165, 1.54) is 0 Å². The van der Waals surface area contributed by atoms with Gasteiger partial charge in [-0.1, -0.05) is 30.7 Å². The van der Waals surface area contributed by atoms with Gasteiger partial charge in [-0.05, 0) is 84.6 Å². The summed E-state index contributed by atoms with van der Waals surface area (Å²) >= 11 is 0. The highest BCUT2D eigenvalue weighted by molar-refractivity contribution is 5.79. The van der Waals surface area contributed by atoms with Crippen LogP contribution >= 0.6 is 0 Å². The Bertz CT molecular complexity index is 1610. The molecule has 0 aromatic heterocycles. The van der Waals surface area contributed by atoms with E-state index < -0.39 is 0 Å². The first-order valence-electron chi connectivity index (χ1n) is 13.2. The van der Waals surface area contributed by atoms with Crippen molar-refractivity contribution in [2.45, 2.75) is 37.1 Å². The first-order valence-corrected chi connectivity index (χ1v) is 13.2. The molecule has 0 spiro atoms. The standard InChI is InChI=1S/C34H23N5O/c35-18-22-12-23(19-36)15-26(14-22)28-6-5-7-29(27-16-24(20-37)13-25(17-27)21-38)34(28)39-30-8-1-3-10-32(30)40-33-11-4-2-9-31(33)39/h1-4,8-17,28-29,34H,5-7H2. The minimum Gasteiger partial charge on any atom is -0.453 e. The largest absolute Gasteiger partial charge is 0.453 e. The van der Waals surface area contributed by atoms with Gasteiger partial charge in [0.1, 0.15) is 0 Å². The maximum atomic E-state index is 9.75. The molecule has 1 heterocycles. The molecular formula is C34H23N5O. The molecule has 1 saturated carbocycles. The van der Waals surface area contributed by atoms with Gasteiger partial charge in [0.2, 0.25) is 0 Å². The molecule has 0 radical (unpaired) electrons. The van der Waals surface area contributed by atoms with Gasteiger partial charge in [-0.25, -0.2) is 0 Å². The second-order valence-corrected chi connectivity index (χ2v) is 10.2. The number of ether oxygens (including phenoxy) is 1. The first-order chi connectivity index (χ1) is 19.6. The molecule has 40 heavy (non-hydrogen) atoms. The van der Waals surface area contributed by atoms with Crippen LogP contribution in [0.5, 0.6) is 11.5 Å². The van der Waals surface area contributed by atoms with Crippen LogP contribution in [0.25, 0.3) is 0 Å². The molecule has 1 aliphatic carbocycles. The topological polar surface area (TPSA) is 108 Å². The van der Waals surface area contributed by atoms with Crippen LogP contribution in [0.4, 0.5) is 11.4 Å². The van der Waals surface area contributed by atoms with Crippen LogP contribution in [0, 0.1) is 45.3 Å². The van der Waals surface area contributed by atoms with E-state index >= 15 is 0 Å². The molecule has 190 valence electrons. The Hall–Kier alpha value is -5.56. The van der Waals surface area contributed by atoms with E-state index in [0.717, 1.165) is 53.3 Å². The van der Waals surface area contributed by atoms with E-state index in [0.29, 0.717) is 22.3 Å². The lowest BCUT2D eigenvalue weighted by atomic mass is 9.69. The molecule has 0 bridgehead atoms. The number of anilines is 2. The Morgan fingerprint density at radius 3 is 1.38 bits per heavy atom. The fraction of sp³-hybridized carbons (Fsp3) is 0.176. The predicted molar refractivity (Wildman–Crippen MR) is 150 cm³/mol. The number of hydrogen-bond donors (Lipinski definition) is 0. The van der Waals surface area contributed by atoms with Gasteiger partial charge < -0.3 is 9.64 Å². The predicted octanol–water partition coefficient (Wildman–Crippen LogP) is 7.54. The lowest BCUT2D eigenvalue weighted by Crippen LogP contribution is -2.44. The summed E-state index contributed by atoms with van der Waals surface area (Å²) in [6, 6.07) is 35.4. The van der Waals surface area contributed by atoms with Crippen molar-refractivity contribution >= 4 is 11.4 Å². The zero-order valence-corrected chi connectivity index (χ0v) is 21.6. The highest BCUT2D eigenvalue weighted by Gasteiger charge is 2.43. The van der Waals surface area contributed by atoms with E-state index in [2.05, 4.69) is 29.2 Å². The number of hydrogen-bond acceptors (Lipinski definition) is 6. The van der Waals surface area contributed by atoms with E-state index in [9.17, 15) is 21.0 Å². The van der Waals surface area contributed by atoms with Gasteiger partial charge in [0.15, 0.2) is 11.5 Å². The van der Waals surface area contributed by atoms with Crippen LogP contribution in [0.1, 0.15) is 64.5 Å². The number of benzene rings is 4. The summed E-state index contributed by atoms with van der Waals surface area (Å²) in [6.07, 6.45) is 2.62. The van der Waals surface area contributed by atoms with Gasteiger partial charge in [0, 0.05) is 17.9 Å². The Balaban J connectivity index is 1.61. The van der Waals surface area contributed by atoms with Gasteiger partial charge in [0.05, 0.1) is 57.9 Å². The lowest BCUT2D eigenvalue weighted by Gasteiger charge is -2.48. The van der Waals surface area contributed by atoms with Gasteiger partial charge in [0.25, 0.3) is 0 Å². The Kier molecular flexibility index (Phi) is 6.38. The van der Waals surface area contributed by atoms with E-state index in [1.807, 2.05) is 72.8 Å². The SMILES string of the molecule is N#Cc1cc(C#N)cc(C2CCCC(c3cc(C#N)cc(C#N)c3)C2N2c3ccccc3Oc3ccccc32)c1. The molecule has 6 heteroatoms. The van der Waals surface area contributed by atoms with Crippen LogP contribution in [0.3, 0.4) is 0 Å².